The lowest BCUT2D eigenvalue weighted by atomic mass is 9.98. The van der Waals surface area contributed by atoms with Gasteiger partial charge in [-0.25, -0.2) is 4.79 Å². The standard InChI is InChI=1S/C67H108O12/c1-4-7-10-13-16-19-22-25-27-29-30-32-34-37-40-43-46-49-52-55-61(70)78-65-63(72)62(71)64(66(73)74)79-67(65)76-57-58(77-60(69)54-51-48-45-42-39-35-24-21-18-15-12-9-6-3)56-75-59(68)53-50-47-44-41-38-36-33-31-28-26-23-20-17-14-11-8-5-2/h7-8,10-11,16-17,19-20,25-28,30,32-33,36,41,44,58,62-65,67,71-72H,4-6,9,12-15,18,21-24,29,31,34-35,37-40,42-43,45-57H2,1-3H3,(H,73,74)/b10-7-,11-8-,19-16-,20-17-,27-25-,28-26-,32-30-,36-33-,44-41-. The molecular formula is C67H108O12. The molecule has 1 saturated heterocycles. The molecule has 3 N–H and O–H groups in total. The molecule has 1 aliphatic heterocycles. The number of allylic oxidation sites excluding steroid dienone is 18. The van der Waals surface area contributed by atoms with Gasteiger partial charge in [0.1, 0.15) is 18.8 Å². The molecule has 6 atom stereocenters. The number of rotatable bonds is 51. The maximum absolute atomic E-state index is 13.2. The summed E-state index contributed by atoms with van der Waals surface area (Å²) >= 11 is 0. The van der Waals surface area contributed by atoms with Gasteiger partial charge in [-0.3, -0.25) is 14.4 Å². The normalized spacial score (nSPS) is 18.6. The summed E-state index contributed by atoms with van der Waals surface area (Å²) in [5.74, 6) is -3.22. The summed E-state index contributed by atoms with van der Waals surface area (Å²) in [6.45, 7) is 5.72. The van der Waals surface area contributed by atoms with Crippen LogP contribution in [0.15, 0.2) is 109 Å². The Morgan fingerprint density at radius 3 is 1.25 bits per heavy atom. The highest BCUT2D eigenvalue weighted by atomic mass is 16.7. The van der Waals surface area contributed by atoms with Crippen LogP contribution in [0.1, 0.15) is 239 Å². The maximum Gasteiger partial charge on any atom is 0.335 e. The molecule has 0 aliphatic carbocycles. The molecule has 0 amide bonds. The van der Waals surface area contributed by atoms with Gasteiger partial charge in [-0.1, -0.05) is 233 Å². The van der Waals surface area contributed by atoms with Crippen molar-refractivity contribution in [3.05, 3.63) is 109 Å². The number of carbonyl (C=O) groups excluding carboxylic acids is 3. The number of aliphatic hydroxyl groups is 2. The van der Waals surface area contributed by atoms with Crippen LogP contribution in [0, 0.1) is 0 Å². The highest BCUT2D eigenvalue weighted by Gasteiger charge is 2.50. The van der Waals surface area contributed by atoms with Gasteiger partial charge >= 0.3 is 23.9 Å². The van der Waals surface area contributed by atoms with Gasteiger partial charge in [0, 0.05) is 19.3 Å². The van der Waals surface area contributed by atoms with E-state index in [2.05, 4.69) is 124 Å². The molecule has 0 aromatic heterocycles. The molecule has 79 heavy (non-hydrogen) atoms. The lowest BCUT2D eigenvalue weighted by Crippen LogP contribution is -2.61. The van der Waals surface area contributed by atoms with Crippen LogP contribution in [-0.4, -0.2) is 89.2 Å². The van der Waals surface area contributed by atoms with E-state index in [0.717, 1.165) is 116 Å². The monoisotopic (exact) mass is 1100 g/mol. The third-order valence-corrected chi connectivity index (χ3v) is 13.3. The molecular weight excluding hydrogens is 997 g/mol. The molecule has 448 valence electrons. The van der Waals surface area contributed by atoms with Crippen molar-refractivity contribution >= 4 is 23.9 Å². The predicted octanol–water partition coefficient (Wildman–Crippen LogP) is 16.2. The Bertz CT molecular complexity index is 1790. The predicted molar refractivity (Wildman–Crippen MR) is 321 cm³/mol. The molecule has 1 heterocycles. The Morgan fingerprint density at radius 1 is 0.430 bits per heavy atom. The second-order valence-corrected chi connectivity index (χ2v) is 20.6. The van der Waals surface area contributed by atoms with Crippen LogP contribution in [0.5, 0.6) is 0 Å². The van der Waals surface area contributed by atoms with Crippen LogP contribution in [0.3, 0.4) is 0 Å². The van der Waals surface area contributed by atoms with Crippen molar-refractivity contribution in [1.82, 2.24) is 0 Å². The van der Waals surface area contributed by atoms with E-state index in [0.29, 0.717) is 25.7 Å². The second-order valence-electron chi connectivity index (χ2n) is 20.6. The summed E-state index contributed by atoms with van der Waals surface area (Å²) in [4.78, 5) is 51.2. The van der Waals surface area contributed by atoms with Crippen LogP contribution >= 0.6 is 0 Å². The minimum Gasteiger partial charge on any atom is -0.479 e. The Balaban J connectivity index is 2.71. The topological polar surface area (TPSA) is 175 Å². The summed E-state index contributed by atoms with van der Waals surface area (Å²) in [5.41, 5.74) is 0. The zero-order chi connectivity index (χ0) is 57.5. The third-order valence-electron chi connectivity index (χ3n) is 13.3. The summed E-state index contributed by atoms with van der Waals surface area (Å²) in [6.07, 6.45) is 60.5. The molecule has 0 bridgehead atoms. The van der Waals surface area contributed by atoms with Crippen LogP contribution < -0.4 is 0 Å². The van der Waals surface area contributed by atoms with E-state index in [4.69, 9.17) is 23.7 Å². The Morgan fingerprint density at radius 2 is 0.810 bits per heavy atom. The van der Waals surface area contributed by atoms with Crippen molar-refractivity contribution in [2.45, 2.75) is 276 Å². The van der Waals surface area contributed by atoms with Crippen molar-refractivity contribution in [3.63, 3.8) is 0 Å². The summed E-state index contributed by atoms with van der Waals surface area (Å²) in [5, 5.41) is 31.5. The number of hydrogen-bond donors (Lipinski definition) is 3. The lowest BCUT2D eigenvalue weighted by molar-refractivity contribution is -0.301. The number of ether oxygens (including phenoxy) is 5. The van der Waals surface area contributed by atoms with Crippen molar-refractivity contribution in [3.8, 4) is 0 Å². The van der Waals surface area contributed by atoms with E-state index in [1.54, 1.807) is 0 Å². The first-order valence-electron chi connectivity index (χ1n) is 30.9. The summed E-state index contributed by atoms with van der Waals surface area (Å²) in [7, 11) is 0. The van der Waals surface area contributed by atoms with Crippen molar-refractivity contribution in [2.24, 2.45) is 0 Å². The largest absolute Gasteiger partial charge is 0.479 e. The molecule has 0 aromatic rings. The van der Waals surface area contributed by atoms with Gasteiger partial charge < -0.3 is 39.0 Å². The van der Waals surface area contributed by atoms with Gasteiger partial charge in [0.2, 0.25) is 0 Å². The molecule has 1 fully saturated rings. The highest BCUT2D eigenvalue weighted by Crippen LogP contribution is 2.26. The average Bonchev–Trinajstić information content (AvgIpc) is 3.47. The molecule has 0 aromatic carbocycles. The molecule has 0 spiro atoms. The van der Waals surface area contributed by atoms with Crippen LogP contribution in [0.2, 0.25) is 0 Å². The van der Waals surface area contributed by atoms with Crippen molar-refractivity contribution in [2.75, 3.05) is 13.2 Å². The van der Waals surface area contributed by atoms with Crippen LogP contribution in [0.25, 0.3) is 0 Å². The minimum absolute atomic E-state index is 0.0345. The van der Waals surface area contributed by atoms with Gasteiger partial charge in [0.25, 0.3) is 0 Å². The van der Waals surface area contributed by atoms with E-state index < -0.39 is 67.3 Å². The maximum atomic E-state index is 13.2. The van der Waals surface area contributed by atoms with Crippen LogP contribution in [-0.2, 0) is 42.9 Å². The van der Waals surface area contributed by atoms with E-state index >= 15 is 0 Å². The van der Waals surface area contributed by atoms with Crippen LogP contribution in [0.4, 0.5) is 0 Å². The lowest BCUT2D eigenvalue weighted by Gasteiger charge is -2.40. The highest BCUT2D eigenvalue weighted by molar-refractivity contribution is 5.74. The number of esters is 3. The number of carboxylic acids is 1. The number of aliphatic hydroxyl groups excluding tert-OH is 2. The van der Waals surface area contributed by atoms with Crippen molar-refractivity contribution < 1.29 is 58.2 Å². The Hall–Kier alpha value is -4.62. The van der Waals surface area contributed by atoms with E-state index in [1.807, 2.05) is 6.08 Å². The summed E-state index contributed by atoms with van der Waals surface area (Å²) in [6, 6.07) is 0. The number of aliphatic carboxylic acids is 1. The molecule has 1 rings (SSSR count). The number of unbranched alkanes of at least 4 members (excludes halogenated alkanes) is 19. The first-order chi connectivity index (χ1) is 38.6. The molecule has 0 saturated carbocycles. The average molecular weight is 1110 g/mol. The van der Waals surface area contributed by atoms with Gasteiger partial charge in [-0.15, -0.1) is 0 Å². The fourth-order valence-corrected chi connectivity index (χ4v) is 8.69. The Labute approximate surface area is 478 Å². The third kappa shape index (κ3) is 43.8. The van der Waals surface area contributed by atoms with Gasteiger partial charge in [-0.2, -0.15) is 0 Å². The van der Waals surface area contributed by atoms with Gasteiger partial charge in [-0.05, 0) is 96.3 Å². The zero-order valence-corrected chi connectivity index (χ0v) is 49.3. The smallest absolute Gasteiger partial charge is 0.335 e. The quantitative estimate of drug-likeness (QED) is 0.0228. The van der Waals surface area contributed by atoms with Crippen molar-refractivity contribution in [1.29, 1.82) is 0 Å². The first kappa shape index (κ1) is 72.4. The molecule has 0 radical (unpaired) electrons. The molecule has 12 nitrogen and oxygen atoms in total. The molecule has 6 unspecified atom stereocenters. The Kier molecular flexibility index (Phi) is 49.5. The zero-order valence-electron chi connectivity index (χ0n) is 49.3. The van der Waals surface area contributed by atoms with Gasteiger partial charge in [0.05, 0.1) is 6.61 Å². The molecule has 12 heteroatoms. The van der Waals surface area contributed by atoms with E-state index in [1.165, 1.54) is 57.8 Å². The number of carboxylic acid groups (broad SMARTS) is 1. The first-order valence-corrected chi connectivity index (χ1v) is 30.9. The SMILES string of the molecule is CC/C=C\C/C=C\C/C=C\C/C=C\C/C=C\CCCC(=O)OCC(COC1OC(C(=O)O)C(O)C(O)C1OC(=O)CCCCCCCC/C=C\C/C=C\C/C=C\C/C=C\CC)OC(=O)CCCCCCCCCCCCCCC. The van der Waals surface area contributed by atoms with Gasteiger partial charge in [0.15, 0.2) is 24.6 Å². The molecule has 1 aliphatic rings. The van der Waals surface area contributed by atoms with E-state index in [-0.39, 0.29) is 25.9 Å². The number of carbonyl (C=O) groups is 4. The summed E-state index contributed by atoms with van der Waals surface area (Å²) < 4.78 is 28.4. The minimum atomic E-state index is -1.92. The number of hydrogen-bond acceptors (Lipinski definition) is 11. The van der Waals surface area contributed by atoms with E-state index in [9.17, 15) is 34.5 Å². The fraction of sp³-hybridized carbons (Fsp3) is 0.672. The fourth-order valence-electron chi connectivity index (χ4n) is 8.69. The second kappa shape index (κ2) is 54.0.